The summed E-state index contributed by atoms with van der Waals surface area (Å²) in [7, 11) is 0. The standard InChI is InChI=1S/C3H3FO2/c4-3(5)2-1-6-2/h2H,1H2. The van der Waals surface area contributed by atoms with Gasteiger partial charge in [0.1, 0.15) is 0 Å². The summed E-state index contributed by atoms with van der Waals surface area (Å²) in [5.74, 6) is 0. The number of hydrogen-bond donors (Lipinski definition) is 0. The molecule has 1 aliphatic rings. The summed E-state index contributed by atoms with van der Waals surface area (Å²) in [6, 6.07) is -1.35. The SMILES string of the molecule is O=C(F)C1CO1. The Morgan fingerprint density at radius 1 is 2.00 bits per heavy atom. The molecular weight excluding hydrogens is 87.0 g/mol. The summed E-state index contributed by atoms with van der Waals surface area (Å²) in [5, 5.41) is 0. The third-order valence-corrected chi connectivity index (χ3v) is 0.586. The number of rotatable bonds is 1. The molecule has 0 saturated carbocycles. The lowest BCUT2D eigenvalue weighted by Gasteiger charge is -1.67. The molecule has 2 nitrogen and oxygen atoms in total. The molecule has 3 heteroatoms. The van der Waals surface area contributed by atoms with Crippen molar-refractivity contribution < 1.29 is 13.9 Å². The Labute approximate surface area is 33.9 Å². The van der Waals surface area contributed by atoms with Crippen molar-refractivity contribution in [1.82, 2.24) is 0 Å². The summed E-state index contributed by atoms with van der Waals surface area (Å²) < 4.78 is 15.4. The van der Waals surface area contributed by atoms with Crippen molar-refractivity contribution in [2.75, 3.05) is 6.61 Å². The molecule has 0 N–H and O–H groups in total. The maximum Gasteiger partial charge on any atom is 0.332 e. The van der Waals surface area contributed by atoms with E-state index in [2.05, 4.69) is 4.74 Å². The van der Waals surface area contributed by atoms with E-state index in [1.807, 2.05) is 0 Å². The summed E-state index contributed by atoms with van der Waals surface area (Å²) >= 11 is 0. The molecule has 1 saturated heterocycles. The minimum atomic E-state index is -1.35. The van der Waals surface area contributed by atoms with Crippen LogP contribution in [0, 0.1) is 0 Å². The van der Waals surface area contributed by atoms with Crippen molar-refractivity contribution in [3.63, 3.8) is 0 Å². The molecule has 0 aromatic rings. The van der Waals surface area contributed by atoms with Crippen LogP contribution in [0.15, 0.2) is 0 Å². The van der Waals surface area contributed by atoms with Crippen LogP contribution in [0.4, 0.5) is 4.39 Å². The second kappa shape index (κ2) is 1.01. The van der Waals surface area contributed by atoms with Gasteiger partial charge in [0.15, 0.2) is 6.10 Å². The zero-order valence-corrected chi connectivity index (χ0v) is 2.98. The maximum absolute atomic E-state index is 11.1. The van der Waals surface area contributed by atoms with Crippen LogP contribution in [-0.2, 0) is 9.53 Å². The highest BCUT2D eigenvalue weighted by Crippen LogP contribution is 2.09. The zero-order chi connectivity index (χ0) is 4.57. The van der Waals surface area contributed by atoms with Gasteiger partial charge in [-0.3, -0.25) is 4.79 Å². The van der Waals surface area contributed by atoms with Crippen LogP contribution in [0.5, 0.6) is 0 Å². The number of epoxide rings is 1. The van der Waals surface area contributed by atoms with E-state index < -0.39 is 12.1 Å². The van der Waals surface area contributed by atoms with Crippen molar-refractivity contribution in [3.8, 4) is 0 Å². The van der Waals surface area contributed by atoms with E-state index >= 15 is 0 Å². The highest BCUT2D eigenvalue weighted by Gasteiger charge is 2.30. The van der Waals surface area contributed by atoms with E-state index in [9.17, 15) is 9.18 Å². The molecule has 0 bridgehead atoms. The summed E-state index contributed by atoms with van der Waals surface area (Å²) in [6.45, 7) is 0.273. The van der Waals surface area contributed by atoms with Gasteiger partial charge in [0, 0.05) is 0 Å². The van der Waals surface area contributed by atoms with Gasteiger partial charge in [0.25, 0.3) is 0 Å². The fraction of sp³-hybridized carbons (Fsp3) is 0.667. The fourth-order valence-electron chi connectivity index (χ4n) is 0.179. The Morgan fingerprint density at radius 2 is 2.50 bits per heavy atom. The first kappa shape index (κ1) is 3.74. The van der Waals surface area contributed by atoms with Gasteiger partial charge in [-0.05, 0) is 0 Å². The lowest BCUT2D eigenvalue weighted by molar-refractivity contribution is -0.130. The Kier molecular flexibility index (Phi) is 0.630. The Morgan fingerprint density at radius 3 is 2.50 bits per heavy atom. The fourth-order valence-corrected chi connectivity index (χ4v) is 0.179. The normalized spacial score (nSPS) is 29.8. The molecule has 34 valence electrons. The predicted octanol–water partition coefficient (Wildman–Crippen LogP) is -0.119. The van der Waals surface area contributed by atoms with E-state index in [1.165, 1.54) is 0 Å². The first-order valence-electron chi connectivity index (χ1n) is 1.61. The molecule has 6 heavy (non-hydrogen) atoms. The van der Waals surface area contributed by atoms with Gasteiger partial charge in [-0.2, -0.15) is 4.39 Å². The minimum absolute atomic E-state index is 0.273. The largest absolute Gasteiger partial charge is 0.362 e. The molecule has 0 aromatic heterocycles. The van der Waals surface area contributed by atoms with Crippen LogP contribution in [0.3, 0.4) is 0 Å². The average molecular weight is 90.1 g/mol. The van der Waals surface area contributed by atoms with Crippen molar-refractivity contribution in [3.05, 3.63) is 0 Å². The molecule has 1 fully saturated rings. The highest BCUT2D eigenvalue weighted by atomic mass is 19.1. The zero-order valence-electron chi connectivity index (χ0n) is 2.98. The number of carbonyl (C=O) groups excluding carboxylic acids is 1. The van der Waals surface area contributed by atoms with Gasteiger partial charge in [0.05, 0.1) is 6.61 Å². The van der Waals surface area contributed by atoms with E-state index in [0.717, 1.165) is 0 Å². The average Bonchev–Trinajstić information content (AvgIpc) is 2.06. The molecule has 1 rings (SSSR count). The Hall–Kier alpha value is -0.440. The highest BCUT2D eigenvalue weighted by molar-refractivity contribution is 5.75. The molecule has 1 atom stereocenters. The second-order valence-corrected chi connectivity index (χ2v) is 1.13. The topological polar surface area (TPSA) is 29.6 Å². The van der Waals surface area contributed by atoms with Crippen molar-refractivity contribution in [2.24, 2.45) is 0 Å². The van der Waals surface area contributed by atoms with Crippen LogP contribution < -0.4 is 0 Å². The van der Waals surface area contributed by atoms with Crippen LogP contribution in [0.25, 0.3) is 0 Å². The monoisotopic (exact) mass is 90.0 g/mol. The number of halogens is 1. The van der Waals surface area contributed by atoms with E-state index in [4.69, 9.17) is 0 Å². The van der Waals surface area contributed by atoms with Gasteiger partial charge < -0.3 is 4.74 Å². The summed E-state index contributed by atoms with van der Waals surface area (Å²) in [6.07, 6.45) is -0.704. The van der Waals surface area contributed by atoms with Crippen LogP contribution in [0.1, 0.15) is 0 Å². The predicted molar refractivity (Wildman–Crippen MR) is 15.9 cm³/mol. The number of hydrogen-bond acceptors (Lipinski definition) is 2. The first-order valence-corrected chi connectivity index (χ1v) is 1.61. The molecule has 0 amide bonds. The Bertz CT molecular complexity index is 76.9. The maximum atomic E-state index is 11.1. The van der Waals surface area contributed by atoms with Crippen LogP contribution >= 0.6 is 0 Å². The van der Waals surface area contributed by atoms with Gasteiger partial charge in [0.2, 0.25) is 0 Å². The van der Waals surface area contributed by atoms with Gasteiger partial charge in [-0.25, -0.2) is 0 Å². The molecule has 0 spiro atoms. The van der Waals surface area contributed by atoms with Crippen molar-refractivity contribution in [1.29, 1.82) is 0 Å². The minimum Gasteiger partial charge on any atom is -0.362 e. The quantitative estimate of drug-likeness (QED) is 0.332. The molecule has 1 unspecified atom stereocenters. The molecule has 1 heterocycles. The smallest absolute Gasteiger partial charge is 0.332 e. The summed E-state index contributed by atoms with van der Waals surface area (Å²) in [4.78, 5) is 9.41. The van der Waals surface area contributed by atoms with Crippen molar-refractivity contribution >= 4 is 6.04 Å². The summed E-state index contributed by atoms with van der Waals surface area (Å²) in [5.41, 5.74) is 0. The molecule has 0 aromatic carbocycles. The lowest BCUT2D eigenvalue weighted by atomic mass is 10.5. The van der Waals surface area contributed by atoms with Crippen LogP contribution in [0.2, 0.25) is 0 Å². The lowest BCUT2D eigenvalue weighted by Crippen LogP contribution is -1.95. The third-order valence-electron chi connectivity index (χ3n) is 0.586. The molecule has 0 aliphatic carbocycles. The number of carbonyl (C=O) groups is 1. The van der Waals surface area contributed by atoms with Gasteiger partial charge in [-0.15, -0.1) is 0 Å². The van der Waals surface area contributed by atoms with Gasteiger partial charge in [-0.1, -0.05) is 0 Å². The van der Waals surface area contributed by atoms with Crippen molar-refractivity contribution in [2.45, 2.75) is 6.10 Å². The molecule has 1 aliphatic heterocycles. The van der Waals surface area contributed by atoms with Gasteiger partial charge >= 0.3 is 6.04 Å². The van der Waals surface area contributed by atoms with Crippen LogP contribution in [-0.4, -0.2) is 18.7 Å². The first-order chi connectivity index (χ1) is 2.80. The third kappa shape index (κ3) is 0.542. The van der Waals surface area contributed by atoms with E-state index in [1.54, 1.807) is 0 Å². The molecule has 0 radical (unpaired) electrons. The number of ether oxygens (including phenoxy) is 1. The van der Waals surface area contributed by atoms with E-state index in [0.29, 0.717) is 0 Å². The molecular formula is C3H3FO2. The van der Waals surface area contributed by atoms with E-state index in [-0.39, 0.29) is 6.61 Å². The Balaban J connectivity index is 2.31. The second-order valence-electron chi connectivity index (χ2n) is 1.13.